The monoisotopic (exact) mass is 458 g/mol. The number of aromatic nitrogens is 4. The number of hydrogen-bond donors (Lipinski definition) is 0. The zero-order chi connectivity index (χ0) is 23.4. The Bertz CT molecular complexity index is 1660. The zero-order valence-electron chi connectivity index (χ0n) is 18.5. The summed E-state index contributed by atoms with van der Waals surface area (Å²) in [5, 5.41) is 9.72. The molecule has 2 aliphatic rings. The maximum atomic E-state index is 12.9. The van der Waals surface area contributed by atoms with Gasteiger partial charge in [-0.1, -0.05) is 47.7 Å². The second-order valence-electron chi connectivity index (χ2n) is 8.56. The summed E-state index contributed by atoms with van der Waals surface area (Å²) >= 11 is 0. The molecule has 0 atom stereocenters. The average molecular weight is 458 g/mol. The second-order valence-corrected chi connectivity index (χ2v) is 8.56. The van der Waals surface area contributed by atoms with Gasteiger partial charge in [-0.15, -0.1) is 5.10 Å². The van der Waals surface area contributed by atoms with Gasteiger partial charge >= 0.3 is 0 Å². The molecule has 5 aromatic rings. The van der Waals surface area contributed by atoms with Crippen molar-refractivity contribution in [1.82, 2.24) is 20.0 Å². The highest BCUT2D eigenvalue weighted by Crippen LogP contribution is 2.39. The quantitative estimate of drug-likeness (QED) is 0.353. The SMILES string of the molecule is O=C1/C(=C/c2ccc(-c3cn(-c4ccnc5ccccc45)nn3)cc2)Cc2cc3c(cc21)OCO3. The predicted octanol–water partition coefficient (Wildman–Crippen LogP) is 5.03. The molecule has 7 rings (SSSR count). The van der Waals surface area contributed by atoms with Crippen molar-refractivity contribution in [2.24, 2.45) is 0 Å². The zero-order valence-corrected chi connectivity index (χ0v) is 18.5. The van der Waals surface area contributed by atoms with E-state index in [1.165, 1.54) is 0 Å². The van der Waals surface area contributed by atoms with Gasteiger partial charge in [0.25, 0.3) is 0 Å². The number of hydrogen-bond acceptors (Lipinski definition) is 6. The van der Waals surface area contributed by atoms with Crippen LogP contribution in [-0.2, 0) is 6.42 Å². The lowest BCUT2D eigenvalue weighted by Gasteiger charge is -2.04. The molecule has 1 aliphatic carbocycles. The first-order valence-corrected chi connectivity index (χ1v) is 11.3. The number of ketones is 1. The molecule has 1 aliphatic heterocycles. The largest absolute Gasteiger partial charge is 0.454 e. The molecule has 0 unspecified atom stereocenters. The maximum absolute atomic E-state index is 12.9. The van der Waals surface area contributed by atoms with Gasteiger partial charge in [-0.3, -0.25) is 9.78 Å². The Hall–Kier alpha value is -4.78. The summed E-state index contributed by atoms with van der Waals surface area (Å²) < 4.78 is 12.6. The fourth-order valence-electron chi connectivity index (χ4n) is 4.66. The molecule has 0 radical (unpaired) electrons. The van der Waals surface area contributed by atoms with E-state index in [9.17, 15) is 4.79 Å². The fraction of sp³-hybridized carbons (Fsp3) is 0.0714. The van der Waals surface area contributed by atoms with E-state index in [1.54, 1.807) is 16.9 Å². The van der Waals surface area contributed by atoms with Crippen molar-refractivity contribution < 1.29 is 14.3 Å². The highest BCUT2D eigenvalue weighted by Gasteiger charge is 2.28. The van der Waals surface area contributed by atoms with E-state index in [4.69, 9.17) is 9.47 Å². The van der Waals surface area contributed by atoms with Crippen molar-refractivity contribution in [3.05, 3.63) is 101 Å². The Morgan fingerprint density at radius 2 is 1.77 bits per heavy atom. The molecule has 0 saturated carbocycles. The van der Waals surface area contributed by atoms with E-state index >= 15 is 0 Å². The normalized spacial score (nSPS) is 15.2. The van der Waals surface area contributed by atoms with Gasteiger partial charge in [-0.2, -0.15) is 0 Å². The van der Waals surface area contributed by atoms with Crippen LogP contribution in [0.15, 0.2) is 84.7 Å². The van der Waals surface area contributed by atoms with E-state index in [1.807, 2.05) is 72.9 Å². The molecule has 3 heterocycles. The number of Topliss-reactive ketones (excluding diaryl/α,β-unsaturated/α-hetero) is 1. The van der Waals surface area contributed by atoms with Gasteiger partial charge in [0.05, 0.1) is 17.4 Å². The Labute approximate surface area is 200 Å². The first kappa shape index (κ1) is 19.7. The molecule has 168 valence electrons. The number of pyridine rings is 1. The Morgan fingerprint density at radius 3 is 2.66 bits per heavy atom. The van der Waals surface area contributed by atoms with E-state index in [-0.39, 0.29) is 12.6 Å². The fourth-order valence-corrected chi connectivity index (χ4v) is 4.66. The van der Waals surface area contributed by atoms with Crippen LogP contribution >= 0.6 is 0 Å². The molecular formula is C28H18N4O3. The minimum atomic E-state index is 0.0369. The molecule has 7 nitrogen and oxygen atoms in total. The third-order valence-electron chi connectivity index (χ3n) is 6.43. The lowest BCUT2D eigenvalue weighted by atomic mass is 10.1. The highest BCUT2D eigenvalue weighted by molar-refractivity contribution is 6.16. The lowest BCUT2D eigenvalue weighted by molar-refractivity contribution is 0.104. The second kappa shape index (κ2) is 7.63. The Kier molecular flexibility index (Phi) is 4.29. The van der Waals surface area contributed by atoms with Crippen LogP contribution in [0.25, 0.3) is 33.9 Å². The van der Waals surface area contributed by atoms with E-state index < -0.39 is 0 Å². The molecular weight excluding hydrogens is 440 g/mol. The number of carbonyl (C=O) groups excluding carboxylic acids is 1. The van der Waals surface area contributed by atoms with Gasteiger partial charge in [-0.25, -0.2) is 4.68 Å². The van der Waals surface area contributed by atoms with Crippen molar-refractivity contribution in [1.29, 1.82) is 0 Å². The smallest absolute Gasteiger partial charge is 0.231 e. The molecule has 0 bridgehead atoms. The average Bonchev–Trinajstić information content (AvgIpc) is 3.63. The molecule has 0 amide bonds. The van der Waals surface area contributed by atoms with Gasteiger partial charge in [0.15, 0.2) is 17.3 Å². The van der Waals surface area contributed by atoms with Gasteiger partial charge < -0.3 is 9.47 Å². The summed E-state index contributed by atoms with van der Waals surface area (Å²) in [7, 11) is 0. The van der Waals surface area contributed by atoms with Crippen LogP contribution in [0, 0.1) is 0 Å². The van der Waals surface area contributed by atoms with Crippen LogP contribution < -0.4 is 9.47 Å². The van der Waals surface area contributed by atoms with Crippen LogP contribution in [0.3, 0.4) is 0 Å². The number of benzene rings is 3. The molecule has 0 spiro atoms. The summed E-state index contributed by atoms with van der Waals surface area (Å²) in [4.78, 5) is 17.3. The van der Waals surface area contributed by atoms with Crippen molar-refractivity contribution in [2.45, 2.75) is 6.42 Å². The van der Waals surface area contributed by atoms with Crippen LogP contribution in [-0.4, -0.2) is 32.6 Å². The van der Waals surface area contributed by atoms with Crippen LogP contribution in [0.4, 0.5) is 0 Å². The van der Waals surface area contributed by atoms with Crippen LogP contribution in [0.2, 0.25) is 0 Å². The summed E-state index contributed by atoms with van der Waals surface area (Å²) in [6.07, 6.45) is 6.22. The predicted molar refractivity (Wildman–Crippen MR) is 131 cm³/mol. The van der Waals surface area contributed by atoms with Crippen molar-refractivity contribution in [3.63, 3.8) is 0 Å². The first-order valence-electron chi connectivity index (χ1n) is 11.3. The molecule has 2 aromatic heterocycles. The number of fused-ring (bicyclic) bond motifs is 3. The number of nitrogens with zero attached hydrogens (tertiary/aromatic N) is 4. The molecule has 7 heteroatoms. The topological polar surface area (TPSA) is 79.1 Å². The lowest BCUT2D eigenvalue weighted by Crippen LogP contribution is -1.96. The third kappa shape index (κ3) is 3.28. The molecule has 0 fully saturated rings. The van der Waals surface area contributed by atoms with Crippen LogP contribution in [0.1, 0.15) is 21.5 Å². The van der Waals surface area contributed by atoms with Crippen molar-refractivity contribution in [3.8, 4) is 28.4 Å². The number of ether oxygens (including phenoxy) is 2. The summed E-state index contributed by atoms with van der Waals surface area (Å²) in [5.41, 5.74) is 6.93. The standard InChI is InChI=1S/C28H18N4O3/c33-28-20(12-19-13-26-27(14-22(19)28)35-16-34-26)11-17-5-7-18(8-6-17)24-15-32(31-30-24)25-9-10-29-23-4-2-1-3-21(23)25/h1-11,13-15H,12,16H2/b20-11+. The summed E-state index contributed by atoms with van der Waals surface area (Å²) in [6.45, 7) is 0.203. The Morgan fingerprint density at radius 1 is 0.943 bits per heavy atom. The van der Waals surface area contributed by atoms with Gasteiger partial charge in [0.1, 0.15) is 5.69 Å². The number of allylic oxidation sites excluding steroid dienone is 1. The summed E-state index contributed by atoms with van der Waals surface area (Å²) in [6, 6.07) is 21.6. The molecule has 0 saturated heterocycles. The van der Waals surface area contributed by atoms with Gasteiger partial charge in [0, 0.05) is 34.7 Å². The molecule has 3 aromatic carbocycles. The minimum Gasteiger partial charge on any atom is -0.454 e. The summed E-state index contributed by atoms with van der Waals surface area (Å²) in [5.74, 6) is 1.38. The minimum absolute atomic E-state index is 0.0369. The third-order valence-corrected chi connectivity index (χ3v) is 6.43. The van der Waals surface area contributed by atoms with E-state index in [0.29, 0.717) is 23.5 Å². The Balaban J connectivity index is 1.15. The van der Waals surface area contributed by atoms with Crippen molar-refractivity contribution in [2.75, 3.05) is 6.79 Å². The number of para-hydroxylation sites is 1. The van der Waals surface area contributed by atoms with E-state index in [0.717, 1.165) is 44.5 Å². The highest BCUT2D eigenvalue weighted by atomic mass is 16.7. The van der Waals surface area contributed by atoms with Crippen LogP contribution in [0.5, 0.6) is 11.5 Å². The van der Waals surface area contributed by atoms with E-state index in [2.05, 4.69) is 15.3 Å². The first-order chi connectivity index (χ1) is 17.2. The maximum Gasteiger partial charge on any atom is 0.231 e. The molecule has 0 N–H and O–H groups in total. The molecule has 35 heavy (non-hydrogen) atoms. The number of carbonyl (C=O) groups is 1. The van der Waals surface area contributed by atoms with Gasteiger partial charge in [0.2, 0.25) is 6.79 Å². The van der Waals surface area contributed by atoms with Gasteiger partial charge in [-0.05, 0) is 41.5 Å². The van der Waals surface area contributed by atoms with Crippen molar-refractivity contribution >= 4 is 22.8 Å². The number of rotatable bonds is 3.